The average molecular weight is 203 g/mol. The van der Waals surface area contributed by atoms with E-state index in [1.165, 1.54) is 0 Å². The van der Waals surface area contributed by atoms with Crippen LogP contribution in [-0.4, -0.2) is 9.78 Å². The summed E-state index contributed by atoms with van der Waals surface area (Å²) in [7, 11) is 1.84. The number of nitrogens with two attached hydrogens (primary N) is 1. The van der Waals surface area contributed by atoms with Gasteiger partial charge in [0, 0.05) is 18.8 Å². The molecule has 15 heavy (non-hydrogen) atoms. The first-order valence-electron chi connectivity index (χ1n) is 4.67. The maximum absolute atomic E-state index is 5.72. The van der Waals surface area contributed by atoms with Gasteiger partial charge in [0.2, 0.25) is 0 Å². The van der Waals surface area contributed by atoms with E-state index in [4.69, 9.17) is 10.5 Å². The number of ether oxygens (including phenoxy) is 1. The lowest BCUT2D eigenvalue weighted by atomic mass is 10.2. The van der Waals surface area contributed by atoms with Crippen molar-refractivity contribution in [1.82, 2.24) is 9.78 Å². The minimum Gasteiger partial charge on any atom is -0.454 e. The smallest absolute Gasteiger partial charge is 0.165 e. The van der Waals surface area contributed by atoms with Crippen LogP contribution in [0.4, 0.5) is 5.69 Å². The summed E-state index contributed by atoms with van der Waals surface area (Å²) < 4.78 is 7.29. The standard InChI is InChI=1S/C11H13N3O/c1-8-3-9(12)5-10(4-8)15-11-6-13-14(2)7-11/h3-7H,12H2,1-2H3. The van der Waals surface area contributed by atoms with E-state index >= 15 is 0 Å². The molecule has 0 fully saturated rings. The van der Waals surface area contributed by atoms with Gasteiger partial charge in [-0.3, -0.25) is 4.68 Å². The van der Waals surface area contributed by atoms with Crippen LogP contribution in [0.1, 0.15) is 5.56 Å². The lowest BCUT2D eigenvalue weighted by molar-refractivity contribution is 0.482. The van der Waals surface area contributed by atoms with Gasteiger partial charge in [0.05, 0.1) is 12.4 Å². The summed E-state index contributed by atoms with van der Waals surface area (Å²) in [6.45, 7) is 1.98. The molecule has 2 N–H and O–H groups in total. The monoisotopic (exact) mass is 203 g/mol. The number of rotatable bonds is 2. The molecule has 0 aliphatic heterocycles. The second-order valence-electron chi connectivity index (χ2n) is 3.53. The summed E-state index contributed by atoms with van der Waals surface area (Å²) in [5.74, 6) is 1.45. The van der Waals surface area contributed by atoms with Gasteiger partial charge in [-0.1, -0.05) is 0 Å². The first kappa shape index (κ1) is 9.58. The van der Waals surface area contributed by atoms with Crippen molar-refractivity contribution in [2.45, 2.75) is 6.92 Å². The van der Waals surface area contributed by atoms with Crippen molar-refractivity contribution in [2.24, 2.45) is 7.05 Å². The molecule has 0 amide bonds. The third-order valence-corrected chi connectivity index (χ3v) is 1.99. The summed E-state index contributed by atoms with van der Waals surface area (Å²) in [6, 6.07) is 5.62. The summed E-state index contributed by atoms with van der Waals surface area (Å²) in [6.07, 6.45) is 3.47. The predicted molar refractivity (Wildman–Crippen MR) is 58.9 cm³/mol. The Balaban J connectivity index is 2.24. The highest BCUT2D eigenvalue weighted by atomic mass is 16.5. The zero-order chi connectivity index (χ0) is 10.8. The van der Waals surface area contributed by atoms with Crippen LogP contribution in [0.5, 0.6) is 11.5 Å². The van der Waals surface area contributed by atoms with Crippen LogP contribution < -0.4 is 10.5 Å². The highest BCUT2D eigenvalue weighted by Crippen LogP contribution is 2.24. The highest BCUT2D eigenvalue weighted by molar-refractivity contribution is 5.48. The molecule has 1 heterocycles. The highest BCUT2D eigenvalue weighted by Gasteiger charge is 2.01. The molecule has 0 aliphatic carbocycles. The first-order chi connectivity index (χ1) is 7.13. The number of anilines is 1. The van der Waals surface area contributed by atoms with Crippen molar-refractivity contribution in [3.63, 3.8) is 0 Å². The molecular formula is C11H13N3O. The molecule has 0 radical (unpaired) electrons. The molecule has 0 aliphatic rings. The fraction of sp³-hybridized carbons (Fsp3) is 0.182. The lowest BCUT2D eigenvalue weighted by Crippen LogP contribution is -1.89. The second-order valence-corrected chi connectivity index (χ2v) is 3.53. The Labute approximate surface area is 88.3 Å². The molecule has 0 saturated heterocycles. The van der Waals surface area contributed by atoms with Gasteiger partial charge < -0.3 is 10.5 Å². The maximum atomic E-state index is 5.72. The molecule has 0 saturated carbocycles. The number of benzene rings is 1. The van der Waals surface area contributed by atoms with E-state index in [1.54, 1.807) is 23.1 Å². The summed E-state index contributed by atoms with van der Waals surface area (Å²) >= 11 is 0. The van der Waals surface area contributed by atoms with Crippen molar-refractivity contribution in [2.75, 3.05) is 5.73 Å². The Morgan fingerprint density at radius 1 is 1.27 bits per heavy atom. The fourth-order valence-electron chi connectivity index (χ4n) is 1.42. The quantitative estimate of drug-likeness (QED) is 0.760. The molecule has 1 aromatic carbocycles. The molecule has 0 bridgehead atoms. The molecule has 2 rings (SSSR count). The van der Waals surface area contributed by atoms with Crippen molar-refractivity contribution in [3.8, 4) is 11.5 Å². The normalized spacial score (nSPS) is 10.3. The minimum absolute atomic E-state index is 0.703. The zero-order valence-corrected chi connectivity index (χ0v) is 8.77. The van der Waals surface area contributed by atoms with Gasteiger partial charge in [0.1, 0.15) is 5.75 Å². The molecule has 0 atom stereocenters. The van der Waals surface area contributed by atoms with Crippen molar-refractivity contribution in [3.05, 3.63) is 36.2 Å². The summed E-state index contributed by atoms with van der Waals surface area (Å²) in [5.41, 5.74) is 7.50. The van der Waals surface area contributed by atoms with Gasteiger partial charge in [0.15, 0.2) is 5.75 Å². The molecule has 0 spiro atoms. The number of aryl methyl sites for hydroxylation is 2. The predicted octanol–water partition coefficient (Wildman–Crippen LogP) is 2.10. The molecule has 4 heteroatoms. The number of aromatic nitrogens is 2. The van der Waals surface area contributed by atoms with Gasteiger partial charge in [-0.15, -0.1) is 0 Å². The zero-order valence-electron chi connectivity index (χ0n) is 8.77. The van der Waals surface area contributed by atoms with Crippen LogP contribution >= 0.6 is 0 Å². The number of hydrogen-bond donors (Lipinski definition) is 1. The largest absolute Gasteiger partial charge is 0.454 e. The van der Waals surface area contributed by atoms with Gasteiger partial charge in [-0.2, -0.15) is 5.10 Å². The van der Waals surface area contributed by atoms with E-state index in [-0.39, 0.29) is 0 Å². The minimum atomic E-state index is 0.703. The van der Waals surface area contributed by atoms with Gasteiger partial charge >= 0.3 is 0 Å². The van der Waals surface area contributed by atoms with E-state index in [9.17, 15) is 0 Å². The third-order valence-electron chi connectivity index (χ3n) is 1.99. The SMILES string of the molecule is Cc1cc(N)cc(Oc2cnn(C)c2)c1. The first-order valence-corrected chi connectivity index (χ1v) is 4.67. The Hall–Kier alpha value is -1.97. The van der Waals surface area contributed by atoms with E-state index in [0.717, 1.165) is 11.3 Å². The van der Waals surface area contributed by atoms with Gasteiger partial charge in [0.25, 0.3) is 0 Å². The Morgan fingerprint density at radius 2 is 2.07 bits per heavy atom. The van der Waals surface area contributed by atoms with Gasteiger partial charge in [-0.05, 0) is 24.6 Å². The molecular weight excluding hydrogens is 190 g/mol. The summed E-state index contributed by atoms with van der Waals surface area (Å²) in [5, 5.41) is 4.02. The molecule has 0 unspecified atom stereocenters. The van der Waals surface area contributed by atoms with Crippen LogP contribution in [0.2, 0.25) is 0 Å². The maximum Gasteiger partial charge on any atom is 0.165 e. The van der Waals surface area contributed by atoms with Crippen LogP contribution in [0.15, 0.2) is 30.6 Å². The molecule has 4 nitrogen and oxygen atoms in total. The van der Waals surface area contributed by atoms with Crippen LogP contribution in [0.3, 0.4) is 0 Å². The number of nitrogen functional groups attached to an aromatic ring is 1. The number of hydrogen-bond acceptors (Lipinski definition) is 3. The molecule has 2 aromatic rings. The third kappa shape index (κ3) is 2.28. The van der Waals surface area contributed by atoms with E-state index in [0.29, 0.717) is 11.4 Å². The van der Waals surface area contributed by atoms with E-state index < -0.39 is 0 Å². The van der Waals surface area contributed by atoms with Crippen molar-refractivity contribution in [1.29, 1.82) is 0 Å². The van der Waals surface area contributed by atoms with Crippen LogP contribution in [-0.2, 0) is 7.05 Å². The fourth-order valence-corrected chi connectivity index (χ4v) is 1.42. The topological polar surface area (TPSA) is 53.1 Å². The summed E-state index contributed by atoms with van der Waals surface area (Å²) in [4.78, 5) is 0. The van der Waals surface area contributed by atoms with Crippen LogP contribution in [0, 0.1) is 6.92 Å². The van der Waals surface area contributed by atoms with Crippen molar-refractivity contribution < 1.29 is 4.74 Å². The van der Waals surface area contributed by atoms with Crippen molar-refractivity contribution >= 4 is 5.69 Å². The van der Waals surface area contributed by atoms with E-state index in [2.05, 4.69) is 5.10 Å². The second kappa shape index (κ2) is 3.65. The average Bonchev–Trinajstić information content (AvgIpc) is 2.49. The lowest BCUT2D eigenvalue weighted by Gasteiger charge is -2.04. The van der Waals surface area contributed by atoms with Crippen LogP contribution in [0.25, 0.3) is 0 Å². The Bertz CT molecular complexity index is 456. The Kier molecular flexibility index (Phi) is 2.33. The van der Waals surface area contributed by atoms with E-state index in [1.807, 2.05) is 26.1 Å². The number of nitrogens with zero attached hydrogens (tertiary/aromatic N) is 2. The molecule has 78 valence electrons. The van der Waals surface area contributed by atoms with Gasteiger partial charge in [-0.25, -0.2) is 0 Å². The Morgan fingerprint density at radius 3 is 2.67 bits per heavy atom. The molecule has 1 aromatic heterocycles.